The van der Waals surface area contributed by atoms with Crippen molar-refractivity contribution in [1.82, 2.24) is 0 Å². The van der Waals surface area contributed by atoms with Gasteiger partial charge in [-0.3, -0.25) is 9.98 Å². The van der Waals surface area contributed by atoms with Crippen molar-refractivity contribution in [2.24, 2.45) is 9.98 Å². The molecule has 0 aliphatic heterocycles. The third-order valence-corrected chi connectivity index (χ3v) is 4.15. The molecular weight excluding hydrogens is 316 g/mol. The maximum atomic E-state index is 4.70. The largest absolute Gasteiger partial charge is 0.254 e. The number of rotatable bonds is 4. The first kappa shape index (κ1) is 16.0. The summed E-state index contributed by atoms with van der Waals surface area (Å²) in [6.07, 6.45) is 3.76. The SMILES string of the molecule is C(=Nc1cc2ccccc2cc1N=Cc1ccccc1)c1ccccc1. The molecule has 2 heteroatoms. The highest BCUT2D eigenvalue weighted by molar-refractivity contribution is 5.94. The van der Waals surface area contributed by atoms with E-state index in [2.05, 4.69) is 24.3 Å². The van der Waals surface area contributed by atoms with E-state index in [0.717, 1.165) is 33.3 Å². The van der Waals surface area contributed by atoms with E-state index in [4.69, 9.17) is 9.98 Å². The van der Waals surface area contributed by atoms with E-state index in [-0.39, 0.29) is 0 Å². The highest BCUT2D eigenvalue weighted by atomic mass is 14.8. The van der Waals surface area contributed by atoms with Crippen LogP contribution in [-0.2, 0) is 0 Å². The molecule has 4 rings (SSSR count). The normalized spacial score (nSPS) is 11.5. The molecule has 0 aromatic heterocycles. The maximum Gasteiger partial charge on any atom is 0.0892 e. The second kappa shape index (κ2) is 7.58. The van der Waals surface area contributed by atoms with Crippen molar-refractivity contribution >= 4 is 34.6 Å². The van der Waals surface area contributed by atoms with E-state index in [9.17, 15) is 0 Å². The van der Waals surface area contributed by atoms with Gasteiger partial charge in [0.25, 0.3) is 0 Å². The molecule has 0 aliphatic rings. The van der Waals surface area contributed by atoms with Crippen LogP contribution < -0.4 is 0 Å². The summed E-state index contributed by atoms with van der Waals surface area (Å²) in [5, 5.41) is 2.32. The fraction of sp³-hybridized carbons (Fsp3) is 0. The Hall–Kier alpha value is -3.52. The first-order valence-corrected chi connectivity index (χ1v) is 8.59. The van der Waals surface area contributed by atoms with Gasteiger partial charge < -0.3 is 0 Å². The summed E-state index contributed by atoms with van der Waals surface area (Å²) in [4.78, 5) is 9.40. The van der Waals surface area contributed by atoms with Gasteiger partial charge in [-0.25, -0.2) is 0 Å². The second-order valence-corrected chi connectivity index (χ2v) is 6.03. The van der Waals surface area contributed by atoms with Gasteiger partial charge in [-0.05, 0) is 34.0 Å². The average Bonchev–Trinajstić information content (AvgIpc) is 2.72. The topological polar surface area (TPSA) is 24.7 Å². The van der Waals surface area contributed by atoms with Gasteiger partial charge in [-0.15, -0.1) is 0 Å². The second-order valence-electron chi connectivity index (χ2n) is 6.03. The number of hydrogen-bond acceptors (Lipinski definition) is 2. The molecule has 124 valence electrons. The van der Waals surface area contributed by atoms with Crippen LogP contribution in [-0.4, -0.2) is 12.4 Å². The van der Waals surface area contributed by atoms with Crippen LogP contribution in [0.25, 0.3) is 10.8 Å². The predicted molar refractivity (Wildman–Crippen MR) is 111 cm³/mol. The van der Waals surface area contributed by atoms with E-state index in [0.29, 0.717) is 0 Å². The molecule has 26 heavy (non-hydrogen) atoms. The summed E-state index contributed by atoms with van der Waals surface area (Å²) in [5.41, 5.74) is 3.86. The molecule has 2 nitrogen and oxygen atoms in total. The molecule has 0 atom stereocenters. The Morgan fingerprint density at radius 1 is 0.462 bits per heavy atom. The van der Waals surface area contributed by atoms with Gasteiger partial charge in [0, 0.05) is 12.4 Å². The zero-order valence-electron chi connectivity index (χ0n) is 14.3. The quantitative estimate of drug-likeness (QED) is 0.389. The minimum atomic E-state index is 0.861. The standard InChI is InChI=1S/C24H18N2/c1-3-9-19(10-4-1)17-25-23-15-21-13-7-8-14-22(21)16-24(23)26-18-20-11-5-2-6-12-20/h1-18H. The van der Waals surface area contributed by atoms with Crippen LogP contribution in [0.5, 0.6) is 0 Å². The van der Waals surface area contributed by atoms with Crippen LogP contribution >= 0.6 is 0 Å². The zero-order valence-corrected chi connectivity index (χ0v) is 14.3. The van der Waals surface area contributed by atoms with Crippen LogP contribution in [0, 0.1) is 0 Å². The fourth-order valence-corrected chi connectivity index (χ4v) is 2.79. The molecule has 0 radical (unpaired) electrons. The fourth-order valence-electron chi connectivity index (χ4n) is 2.79. The molecule has 0 saturated carbocycles. The molecule has 4 aromatic carbocycles. The maximum absolute atomic E-state index is 4.70. The monoisotopic (exact) mass is 334 g/mol. The smallest absolute Gasteiger partial charge is 0.0892 e. The van der Waals surface area contributed by atoms with Crippen molar-refractivity contribution < 1.29 is 0 Å². The van der Waals surface area contributed by atoms with Gasteiger partial charge in [-0.2, -0.15) is 0 Å². The molecule has 0 N–H and O–H groups in total. The van der Waals surface area contributed by atoms with Crippen LogP contribution in [0.15, 0.2) is 107 Å². The summed E-state index contributed by atoms with van der Waals surface area (Å²) in [6.45, 7) is 0. The minimum Gasteiger partial charge on any atom is -0.254 e. The van der Waals surface area contributed by atoms with Crippen LogP contribution in [0.4, 0.5) is 11.4 Å². The van der Waals surface area contributed by atoms with Gasteiger partial charge >= 0.3 is 0 Å². The Morgan fingerprint density at radius 2 is 0.846 bits per heavy atom. The van der Waals surface area contributed by atoms with Gasteiger partial charge in [0.2, 0.25) is 0 Å². The number of fused-ring (bicyclic) bond motifs is 1. The third-order valence-electron chi connectivity index (χ3n) is 4.15. The van der Waals surface area contributed by atoms with E-state index >= 15 is 0 Å². The van der Waals surface area contributed by atoms with Crippen molar-refractivity contribution in [3.8, 4) is 0 Å². The van der Waals surface area contributed by atoms with E-state index in [1.165, 1.54) is 0 Å². The first-order chi connectivity index (χ1) is 12.9. The van der Waals surface area contributed by atoms with Gasteiger partial charge in [0.1, 0.15) is 0 Å². The van der Waals surface area contributed by atoms with E-state index in [1.807, 2.05) is 85.2 Å². The molecule has 0 heterocycles. The minimum absolute atomic E-state index is 0.861. The number of aliphatic imine (C=N–C) groups is 2. The Kier molecular flexibility index (Phi) is 4.66. The molecule has 0 saturated heterocycles. The summed E-state index contributed by atoms with van der Waals surface area (Å²) in [7, 11) is 0. The molecule has 0 aliphatic carbocycles. The van der Waals surface area contributed by atoms with Crippen molar-refractivity contribution in [2.75, 3.05) is 0 Å². The number of nitrogens with zero attached hydrogens (tertiary/aromatic N) is 2. The molecular formula is C24H18N2. The summed E-state index contributed by atoms with van der Waals surface area (Å²) in [5.74, 6) is 0. The molecule has 0 fully saturated rings. The molecule has 0 amide bonds. The number of benzene rings is 4. The predicted octanol–water partition coefficient (Wildman–Crippen LogP) is 6.34. The molecule has 0 spiro atoms. The van der Waals surface area contributed by atoms with E-state index < -0.39 is 0 Å². The van der Waals surface area contributed by atoms with Gasteiger partial charge in [0.05, 0.1) is 11.4 Å². The third kappa shape index (κ3) is 3.76. The van der Waals surface area contributed by atoms with Crippen molar-refractivity contribution in [3.05, 3.63) is 108 Å². The molecule has 4 aromatic rings. The Balaban J connectivity index is 1.76. The van der Waals surface area contributed by atoms with Crippen LogP contribution in [0.2, 0.25) is 0 Å². The summed E-state index contributed by atoms with van der Waals surface area (Å²) in [6, 6.07) is 32.7. The average molecular weight is 334 g/mol. The zero-order chi connectivity index (χ0) is 17.6. The lowest BCUT2D eigenvalue weighted by atomic mass is 10.1. The number of hydrogen-bond donors (Lipinski definition) is 0. The van der Waals surface area contributed by atoms with Crippen LogP contribution in [0.1, 0.15) is 11.1 Å². The van der Waals surface area contributed by atoms with Crippen molar-refractivity contribution in [2.45, 2.75) is 0 Å². The highest BCUT2D eigenvalue weighted by Crippen LogP contribution is 2.33. The van der Waals surface area contributed by atoms with Gasteiger partial charge in [0.15, 0.2) is 0 Å². The highest BCUT2D eigenvalue weighted by Gasteiger charge is 2.03. The molecule has 0 bridgehead atoms. The van der Waals surface area contributed by atoms with E-state index in [1.54, 1.807) is 0 Å². The Bertz CT molecular complexity index is 977. The first-order valence-electron chi connectivity index (χ1n) is 8.59. The Labute approximate surface area is 153 Å². The lowest BCUT2D eigenvalue weighted by Crippen LogP contribution is -1.81. The summed E-state index contributed by atoms with van der Waals surface area (Å²) >= 11 is 0. The lowest BCUT2D eigenvalue weighted by molar-refractivity contribution is 1.47. The summed E-state index contributed by atoms with van der Waals surface area (Å²) < 4.78 is 0. The molecule has 0 unspecified atom stereocenters. The lowest BCUT2D eigenvalue weighted by Gasteiger charge is -2.04. The van der Waals surface area contributed by atoms with Gasteiger partial charge in [-0.1, -0.05) is 84.9 Å². The van der Waals surface area contributed by atoms with Crippen molar-refractivity contribution in [3.63, 3.8) is 0 Å². The van der Waals surface area contributed by atoms with Crippen LogP contribution in [0.3, 0.4) is 0 Å². The Morgan fingerprint density at radius 3 is 1.27 bits per heavy atom. The van der Waals surface area contributed by atoms with Crippen molar-refractivity contribution in [1.29, 1.82) is 0 Å².